The normalized spacial score (nSPS) is 14.4. The fourth-order valence-corrected chi connectivity index (χ4v) is 4.21. The number of ketones is 1. The molecule has 1 fully saturated rings. The first-order valence-corrected chi connectivity index (χ1v) is 11.5. The summed E-state index contributed by atoms with van der Waals surface area (Å²) in [5, 5.41) is 10.8. The zero-order valence-corrected chi connectivity index (χ0v) is 19.6. The molecule has 176 valence electrons. The molecule has 4 rings (SSSR count). The second-order valence-corrected chi connectivity index (χ2v) is 8.88. The third-order valence-corrected chi connectivity index (χ3v) is 6.25. The second-order valence-electron chi connectivity index (χ2n) is 7.45. The van der Waals surface area contributed by atoms with Crippen LogP contribution in [0.15, 0.2) is 77.7 Å². The largest absolute Gasteiger partial charge is 0.488 e. The number of non-ortho nitro benzene ring substituents is 1. The van der Waals surface area contributed by atoms with Crippen molar-refractivity contribution >= 4 is 52.1 Å². The van der Waals surface area contributed by atoms with E-state index in [1.54, 1.807) is 42.5 Å². The van der Waals surface area contributed by atoms with Gasteiger partial charge in [0.1, 0.15) is 12.4 Å². The number of nitro groups is 1. The van der Waals surface area contributed by atoms with Crippen molar-refractivity contribution in [2.75, 3.05) is 6.54 Å². The summed E-state index contributed by atoms with van der Waals surface area (Å²) in [6.07, 6.45) is 1.55. The Morgan fingerprint density at radius 3 is 2.40 bits per heavy atom. The van der Waals surface area contributed by atoms with Crippen LogP contribution >= 0.6 is 23.4 Å². The van der Waals surface area contributed by atoms with Gasteiger partial charge in [0.15, 0.2) is 5.78 Å². The molecule has 0 unspecified atom stereocenters. The van der Waals surface area contributed by atoms with Crippen LogP contribution in [0, 0.1) is 10.1 Å². The average Bonchev–Trinajstić information content (AvgIpc) is 3.11. The number of ether oxygens (including phenoxy) is 1. The quantitative estimate of drug-likeness (QED) is 0.165. The van der Waals surface area contributed by atoms with Gasteiger partial charge in [-0.25, -0.2) is 0 Å². The molecular weight excluding hydrogens is 492 g/mol. The fourth-order valence-electron chi connectivity index (χ4n) is 3.25. The smallest absolute Gasteiger partial charge is 0.293 e. The van der Waals surface area contributed by atoms with E-state index >= 15 is 0 Å². The molecule has 0 N–H and O–H groups in total. The number of carbonyl (C=O) groups is 3. The lowest BCUT2D eigenvalue weighted by Crippen LogP contribution is -2.33. The number of Topliss-reactive ketones (excluding diaryl/α,β-unsaturated/α-hetero) is 1. The summed E-state index contributed by atoms with van der Waals surface area (Å²) >= 11 is 6.64. The van der Waals surface area contributed by atoms with Gasteiger partial charge in [0.2, 0.25) is 0 Å². The van der Waals surface area contributed by atoms with Crippen molar-refractivity contribution in [3.05, 3.63) is 110 Å². The van der Waals surface area contributed by atoms with Crippen molar-refractivity contribution in [3.63, 3.8) is 0 Å². The van der Waals surface area contributed by atoms with Gasteiger partial charge in [-0.1, -0.05) is 41.9 Å². The maximum absolute atomic E-state index is 12.9. The van der Waals surface area contributed by atoms with Crippen LogP contribution in [-0.4, -0.2) is 33.3 Å². The Kier molecular flexibility index (Phi) is 7.28. The van der Waals surface area contributed by atoms with Gasteiger partial charge in [-0.2, -0.15) is 0 Å². The number of nitrogens with zero attached hydrogens (tertiary/aromatic N) is 2. The minimum Gasteiger partial charge on any atom is -0.488 e. The van der Waals surface area contributed by atoms with Gasteiger partial charge in [-0.15, -0.1) is 0 Å². The van der Waals surface area contributed by atoms with Crippen molar-refractivity contribution in [3.8, 4) is 5.75 Å². The predicted molar refractivity (Wildman–Crippen MR) is 132 cm³/mol. The Balaban J connectivity index is 1.47. The molecule has 0 bridgehead atoms. The van der Waals surface area contributed by atoms with Crippen molar-refractivity contribution < 1.29 is 24.0 Å². The van der Waals surface area contributed by atoms with Crippen LogP contribution in [-0.2, 0) is 11.4 Å². The molecule has 1 saturated heterocycles. The number of thioether (sulfide) groups is 1. The van der Waals surface area contributed by atoms with Crippen LogP contribution in [0.5, 0.6) is 5.75 Å². The number of nitro benzene ring substituents is 1. The summed E-state index contributed by atoms with van der Waals surface area (Å²) in [5.74, 6) is -0.575. The lowest BCUT2D eigenvalue weighted by Gasteiger charge is -2.11. The lowest BCUT2D eigenvalue weighted by atomic mass is 10.1. The Hall–Kier alpha value is -3.95. The standard InChI is InChI=1S/C25H17ClN2O6S/c26-19-9-5-16(6-10-19)15-34-22-4-2-1-3-18(22)13-23-24(30)27(25(31)35-23)14-21(29)17-7-11-20(12-8-17)28(32)33/h1-13H,14-15H2/b23-13+. The number of hydrogen-bond donors (Lipinski definition) is 0. The van der Waals surface area contributed by atoms with E-state index in [0.717, 1.165) is 22.2 Å². The topological polar surface area (TPSA) is 107 Å². The number of carbonyl (C=O) groups excluding carboxylic acids is 3. The molecule has 0 saturated carbocycles. The maximum atomic E-state index is 12.9. The first-order valence-electron chi connectivity index (χ1n) is 10.3. The van der Waals surface area contributed by atoms with Gasteiger partial charge < -0.3 is 4.74 Å². The first-order chi connectivity index (χ1) is 16.8. The SMILES string of the molecule is O=C(CN1C(=O)S/C(=C/c2ccccc2OCc2ccc(Cl)cc2)C1=O)c1ccc([N+](=O)[O-])cc1. The maximum Gasteiger partial charge on any atom is 0.293 e. The molecule has 3 aromatic rings. The van der Waals surface area contributed by atoms with Crippen LogP contribution in [0.3, 0.4) is 0 Å². The first kappa shape index (κ1) is 24.2. The Morgan fingerprint density at radius 1 is 1.03 bits per heavy atom. The van der Waals surface area contributed by atoms with Crippen LogP contribution in [0.2, 0.25) is 5.02 Å². The number of imide groups is 1. The Bertz CT molecular complexity index is 1340. The predicted octanol–water partition coefficient (Wildman–Crippen LogP) is 5.75. The van der Waals surface area contributed by atoms with Crippen LogP contribution < -0.4 is 4.74 Å². The minimum absolute atomic E-state index is 0.160. The monoisotopic (exact) mass is 508 g/mol. The molecule has 0 radical (unpaired) electrons. The second kappa shape index (κ2) is 10.5. The number of benzene rings is 3. The summed E-state index contributed by atoms with van der Waals surface area (Å²) in [6.45, 7) is -0.179. The zero-order valence-electron chi connectivity index (χ0n) is 18.0. The van der Waals surface area contributed by atoms with Gasteiger partial charge in [0.25, 0.3) is 16.8 Å². The molecule has 1 aliphatic rings. The number of rotatable bonds is 8. The van der Waals surface area contributed by atoms with Crippen molar-refractivity contribution in [1.29, 1.82) is 0 Å². The van der Waals surface area contributed by atoms with Gasteiger partial charge >= 0.3 is 0 Å². The molecule has 8 nitrogen and oxygen atoms in total. The number of amides is 2. The van der Waals surface area contributed by atoms with Crippen LogP contribution in [0.1, 0.15) is 21.5 Å². The minimum atomic E-state index is -0.595. The molecule has 0 atom stereocenters. The molecule has 0 aliphatic carbocycles. The molecule has 2 amide bonds. The highest BCUT2D eigenvalue weighted by Gasteiger charge is 2.36. The third-order valence-electron chi connectivity index (χ3n) is 5.09. The summed E-state index contributed by atoms with van der Waals surface area (Å²) in [7, 11) is 0. The Morgan fingerprint density at radius 2 is 1.71 bits per heavy atom. The third kappa shape index (κ3) is 5.76. The molecule has 1 aliphatic heterocycles. The van der Waals surface area contributed by atoms with E-state index in [0.29, 0.717) is 16.3 Å². The molecule has 10 heteroatoms. The van der Waals surface area contributed by atoms with E-state index in [1.807, 2.05) is 12.1 Å². The van der Waals surface area contributed by atoms with Crippen LogP contribution in [0.25, 0.3) is 6.08 Å². The van der Waals surface area contributed by atoms with Crippen molar-refractivity contribution in [1.82, 2.24) is 4.90 Å². The van der Waals surface area contributed by atoms with E-state index < -0.39 is 28.4 Å². The summed E-state index contributed by atoms with van der Waals surface area (Å²) in [6, 6.07) is 19.3. The Labute approximate surface area is 209 Å². The van der Waals surface area contributed by atoms with Gasteiger partial charge in [-0.3, -0.25) is 29.4 Å². The number of para-hydroxylation sites is 1. The fraction of sp³-hybridized carbons (Fsp3) is 0.0800. The highest BCUT2D eigenvalue weighted by atomic mass is 35.5. The van der Waals surface area contributed by atoms with E-state index in [9.17, 15) is 24.5 Å². The molecule has 3 aromatic carbocycles. The molecule has 1 heterocycles. The number of halogens is 1. The highest BCUT2D eigenvalue weighted by Crippen LogP contribution is 2.34. The molecule has 0 aromatic heterocycles. The summed E-state index contributed by atoms with van der Waals surface area (Å²) < 4.78 is 5.90. The highest BCUT2D eigenvalue weighted by molar-refractivity contribution is 8.18. The van der Waals surface area contributed by atoms with Crippen molar-refractivity contribution in [2.24, 2.45) is 0 Å². The van der Waals surface area contributed by atoms with Gasteiger partial charge in [0, 0.05) is 28.3 Å². The van der Waals surface area contributed by atoms with E-state index in [4.69, 9.17) is 16.3 Å². The average molecular weight is 509 g/mol. The summed E-state index contributed by atoms with van der Waals surface area (Å²) in [4.78, 5) is 49.1. The molecule has 0 spiro atoms. The van der Waals surface area contributed by atoms with Gasteiger partial charge in [0.05, 0.1) is 16.4 Å². The molecular formula is C25H17ClN2O6S. The number of hydrogen-bond acceptors (Lipinski definition) is 7. The van der Waals surface area contributed by atoms with E-state index in [2.05, 4.69) is 0 Å². The molecule has 35 heavy (non-hydrogen) atoms. The lowest BCUT2D eigenvalue weighted by molar-refractivity contribution is -0.384. The zero-order chi connectivity index (χ0) is 24.9. The van der Waals surface area contributed by atoms with Crippen LogP contribution in [0.4, 0.5) is 10.5 Å². The van der Waals surface area contributed by atoms with E-state index in [1.165, 1.54) is 24.3 Å². The van der Waals surface area contributed by atoms with Gasteiger partial charge in [-0.05, 0) is 53.7 Å². The van der Waals surface area contributed by atoms with Crippen molar-refractivity contribution in [2.45, 2.75) is 6.61 Å². The van der Waals surface area contributed by atoms with E-state index in [-0.39, 0.29) is 22.8 Å². The summed E-state index contributed by atoms with van der Waals surface area (Å²) in [5.41, 5.74) is 1.52.